The van der Waals surface area contributed by atoms with Gasteiger partial charge in [0.1, 0.15) is 0 Å². The second kappa shape index (κ2) is 5.07. The quantitative estimate of drug-likeness (QED) is 0.234. The van der Waals surface area contributed by atoms with Gasteiger partial charge in [-0.1, -0.05) is 0 Å². The van der Waals surface area contributed by atoms with E-state index in [9.17, 15) is 0 Å². The van der Waals surface area contributed by atoms with Crippen molar-refractivity contribution >= 4 is 27.8 Å². The molecule has 0 aliphatic rings. The Hall–Kier alpha value is 0.922. The van der Waals surface area contributed by atoms with Gasteiger partial charge in [0.25, 0.3) is 0 Å². The minimum atomic E-state index is -5.17. The molecule has 43 valence electrons. The van der Waals surface area contributed by atoms with Gasteiger partial charge >= 0.3 is 17.1 Å². The van der Waals surface area contributed by atoms with E-state index in [1.807, 2.05) is 0 Å². The molecule has 0 spiro atoms. The molecule has 4 nitrogen and oxygen atoms in total. The van der Waals surface area contributed by atoms with Gasteiger partial charge in [-0.3, -0.25) is 8.42 Å². The molecule has 0 bridgehead atoms. The van der Waals surface area contributed by atoms with Crippen LogP contribution >= 0.6 is 0 Å². The van der Waals surface area contributed by atoms with Crippen LogP contribution in [-0.4, -0.2) is 34.9 Å². The fourth-order valence-corrected chi connectivity index (χ4v) is 0. The van der Waals surface area contributed by atoms with Crippen LogP contribution < -0.4 is 0 Å². The van der Waals surface area contributed by atoms with Crippen molar-refractivity contribution < 1.29 is 34.6 Å². The Morgan fingerprint density at radius 3 is 1.14 bits per heavy atom. The summed E-state index contributed by atoms with van der Waals surface area (Å²) in [5.41, 5.74) is 0. The van der Waals surface area contributed by atoms with Gasteiger partial charge in [-0.05, 0) is 0 Å². The summed E-state index contributed by atoms with van der Waals surface area (Å²) >= 11 is 0. The van der Waals surface area contributed by atoms with Crippen molar-refractivity contribution in [2.75, 3.05) is 0 Å². The van der Waals surface area contributed by atoms with Crippen LogP contribution in [0, 0.1) is 0 Å². The van der Waals surface area contributed by atoms with E-state index in [0.717, 1.165) is 0 Å². The summed E-state index contributed by atoms with van der Waals surface area (Å²) in [5, 5.41) is 0. The minimum Gasteiger partial charge on any atom is -0.759 e. The molecule has 0 unspecified atom stereocenters. The Kier molecular flexibility index (Phi) is 11.3. The van der Waals surface area contributed by atoms with Crippen LogP contribution in [0.25, 0.3) is 0 Å². The van der Waals surface area contributed by atoms with Crippen LogP contribution in [0.15, 0.2) is 0 Å². The van der Waals surface area contributed by atoms with Gasteiger partial charge in [-0.15, -0.1) is 0 Å². The van der Waals surface area contributed by atoms with Crippen molar-refractivity contribution in [1.29, 1.82) is 0 Å². The van der Waals surface area contributed by atoms with Crippen molar-refractivity contribution in [2.45, 2.75) is 0 Å². The van der Waals surface area contributed by atoms with Gasteiger partial charge in [0.05, 0.1) is 0 Å². The summed E-state index contributed by atoms with van der Waals surface area (Å²) in [6.07, 6.45) is 0. The van der Waals surface area contributed by atoms with E-state index in [4.69, 9.17) is 17.5 Å². The molecule has 1 radical (unpaired) electrons. The van der Waals surface area contributed by atoms with E-state index < -0.39 is 10.4 Å². The van der Waals surface area contributed by atoms with E-state index in [1.54, 1.807) is 0 Å². The fourth-order valence-electron chi connectivity index (χ4n) is 0. The van der Waals surface area contributed by atoms with Crippen LogP contribution in [-0.2, 0) is 27.5 Å². The second-order valence-electron chi connectivity index (χ2n) is 0.408. The number of rotatable bonds is 0. The zero-order valence-electron chi connectivity index (χ0n) is 2.42. The van der Waals surface area contributed by atoms with Crippen molar-refractivity contribution in [1.82, 2.24) is 0 Å². The zero-order valence-corrected chi connectivity index (χ0v) is 4.42. The minimum absolute atomic E-state index is 0. The average Bonchev–Trinajstić information content (AvgIpc) is 0.722. The third-order valence-corrected chi connectivity index (χ3v) is 0. The molecule has 0 aromatic heterocycles. The maximum atomic E-state index is 8.52. The monoisotopic (exact) mass is 181 g/mol. The molecule has 0 amide bonds. The average molecular weight is 181 g/mol. The summed E-state index contributed by atoms with van der Waals surface area (Å²) in [5.74, 6) is 0. The Balaban J connectivity index is -0.0000000800. The first-order valence-electron chi connectivity index (χ1n) is 0.667. The third-order valence-electron chi connectivity index (χ3n) is 0. The van der Waals surface area contributed by atoms with E-state index >= 15 is 0 Å². The van der Waals surface area contributed by atoms with Crippen molar-refractivity contribution in [2.24, 2.45) is 0 Å². The first-order valence-corrected chi connectivity index (χ1v) is 2.00. The summed E-state index contributed by atoms with van der Waals surface area (Å²) in [4.78, 5) is 0. The Bertz CT molecular complexity index is 94.9. The molecule has 0 aromatic rings. The molecule has 0 aromatic carbocycles. The van der Waals surface area contributed by atoms with Crippen LogP contribution in [0.3, 0.4) is 0 Å². The SMILES string of the molecule is O=S(=O)([O-])[O-].[AlH3].[Mn+2]. The van der Waals surface area contributed by atoms with E-state index in [-0.39, 0.29) is 34.4 Å². The normalized spacial score (nSPS) is 8.29. The Morgan fingerprint density at radius 2 is 1.14 bits per heavy atom. The van der Waals surface area contributed by atoms with Crippen molar-refractivity contribution in [3.8, 4) is 0 Å². The van der Waals surface area contributed by atoms with Crippen LogP contribution in [0.1, 0.15) is 0 Å². The molecule has 0 rings (SSSR count). The van der Waals surface area contributed by atoms with Gasteiger partial charge in [0, 0.05) is 10.4 Å². The van der Waals surface area contributed by atoms with Crippen LogP contribution in [0.5, 0.6) is 0 Å². The number of hydrogen-bond donors (Lipinski definition) is 0. The maximum absolute atomic E-state index is 8.52. The molecule has 7 heavy (non-hydrogen) atoms. The molecule has 0 aliphatic carbocycles. The molecule has 0 saturated carbocycles. The summed E-state index contributed by atoms with van der Waals surface area (Å²) < 4.78 is 34.1. The zero-order chi connectivity index (χ0) is 4.50. The predicted octanol–water partition coefficient (Wildman–Crippen LogP) is -2.52. The maximum Gasteiger partial charge on any atom is 2.00 e. The second-order valence-corrected chi connectivity index (χ2v) is 1.22. The van der Waals surface area contributed by atoms with E-state index in [2.05, 4.69) is 0 Å². The Morgan fingerprint density at radius 1 is 1.14 bits per heavy atom. The van der Waals surface area contributed by atoms with Gasteiger partial charge in [-0.2, -0.15) is 0 Å². The van der Waals surface area contributed by atoms with Gasteiger partial charge < -0.3 is 9.11 Å². The first-order chi connectivity index (χ1) is 2.00. The van der Waals surface area contributed by atoms with Crippen LogP contribution in [0.2, 0.25) is 0 Å². The molecule has 0 aliphatic heterocycles. The van der Waals surface area contributed by atoms with Gasteiger partial charge in [0.15, 0.2) is 17.4 Å². The van der Waals surface area contributed by atoms with Gasteiger partial charge in [0.2, 0.25) is 0 Å². The Labute approximate surface area is 62.5 Å². The van der Waals surface area contributed by atoms with Gasteiger partial charge in [-0.25, -0.2) is 0 Å². The topological polar surface area (TPSA) is 80.3 Å². The van der Waals surface area contributed by atoms with Crippen LogP contribution in [0.4, 0.5) is 0 Å². The summed E-state index contributed by atoms with van der Waals surface area (Å²) in [7, 11) is -5.17. The third kappa shape index (κ3) is 197. The number of hydrogen-bond acceptors (Lipinski definition) is 4. The van der Waals surface area contributed by atoms with E-state index in [1.165, 1.54) is 0 Å². The molecule has 0 heterocycles. The molecular weight excluding hydrogens is 178 g/mol. The molecule has 0 N–H and O–H groups in total. The molecule has 0 saturated heterocycles. The molecule has 0 fully saturated rings. The molecule has 0 atom stereocenters. The fraction of sp³-hybridized carbons (Fsp3) is 0. The molecule has 7 heteroatoms. The molecular formula is H3AlMnO4S. The van der Waals surface area contributed by atoms with Crippen molar-refractivity contribution in [3.63, 3.8) is 0 Å². The predicted molar refractivity (Wildman–Crippen MR) is 20.4 cm³/mol. The largest absolute Gasteiger partial charge is 2.00 e. The standard InChI is InChI=1S/Al.Mn.H2O4S.3H/c;;1-5(2,3)4;;;/h;;(H2,1,2,3,4);;;/q;+2;;;;/p-2. The smallest absolute Gasteiger partial charge is 0.759 e. The summed E-state index contributed by atoms with van der Waals surface area (Å²) in [6, 6.07) is 0. The van der Waals surface area contributed by atoms with E-state index in [0.29, 0.717) is 0 Å². The van der Waals surface area contributed by atoms with Crippen molar-refractivity contribution in [3.05, 3.63) is 0 Å². The summed E-state index contributed by atoms with van der Waals surface area (Å²) in [6.45, 7) is 0. The first kappa shape index (κ1) is 15.7.